The van der Waals surface area contributed by atoms with Crippen molar-refractivity contribution in [3.63, 3.8) is 0 Å². The molecule has 1 amide bonds. The summed E-state index contributed by atoms with van der Waals surface area (Å²) in [6.07, 6.45) is 1.59. The zero-order chi connectivity index (χ0) is 24.9. The van der Waals surface area contributed by atoms with Crippen LogP contribution in [0.5, 0.6) is 0 Å². The van der Waals surface area contributed by atoms with Gasteiger partial charge in [0, 0.05) is 39.2 Å². The molecule has 184 valence electrons. The van der Waals surface area contributed by atoms with Crippen LogP contribution in [0.15, 0.2) is 59.5 Å². The number of aromatic nitrogens is 3. The van der Waals surface area contributed by atoms with Crippen LogP contribution in [-0.4, -0.2) is 53.8 Å². The Labute approximate surface area is 204 Å². The van der Waals surface area contributed by atoms with Gasteiger partial charge in [0.1, 0.15) is 17.4 Å². The first-order valence-electron chi connectivity index (χ1n) is 11.9. The molecule has 1 saturated heterocycles. The highest BCUT2D eigenvalue weighted by Gasteiger charge is 2.30. The van der Waals surface area contributed by atoms with Crippen molar-refractivity contribution in [1.29, 1.82) is 0 Å². The predicted molar refractivity (Wildman–Crippen MR) is 138 cm³/mol. The van der Waals surface area contributed by atoms with Gasteiger partial charge in [-0.1, -0.05) is 43.8 Å². The number of nitrogens with zero attached hydrogens (tertiary/aromatic N) is 4. The van der Waals surface area contributed by atoms with Gasteiger partial charge >= 0.3 is 0 Å². The molecular weight excluding hydrogens is 444 g/mol. The molecule has 9 heteroatoms. The molecule has 1 aromatic carbocycles. The number of pyridine rings is 1. The third kappa shape index (κ3) is 5.05. The average Bonchev–Trinajstić information content (AvgIpc) is 2.85. The largest absolute Gasteiger partial charge is 0.392 e. The summed E-state index contributed by atoms with van der Waals surface area (Å²) in [5.41, 5.74) is 2.60. The smallest absolute Gasteiger partial charge is 0.295 e. The van der Waals surface area contributed by atoms with Gasteiger partial charge in [-0.25, -0.2) is 9.97 Å². The quantitative estimate of drug-likeness (QED) is 0.464. The molecule has 1 unspecified atom stereocenters. The van der Waals surface area contributed by atoms with Crippen molar-refractivity contribution in [3.8, 4) is 0 Å². The Hall–Kier alpha value is -3.72. The Morgan fingerprint density at radius 3 is 2.63 bits per heavy atom. The van der Waals surface area contributed by atoms with Gasteiger partial charge < -0.3 is 15.4 Å². The van der Waals surface area contributed by atoms with Gasteiger partial charge in [0.25, 0.3) is 11.5 Å². The fraction of sp³-hybridized carbons (Fsp3) is 0.385. The zero-order valence-corrected chi connectivity index (χ0v) is 20.5. The predicted octanol–water partition coefficient (Wildman–Crippen LogP) is 3.08. The minimum Gasteiger partial charge on any atom is -0.392 e. The lowest BCUT2D eigenvalue weighted by atomic mass is 10.0. The number of nitrogens with one attached hydrogen (secondary N) is 2. The van der Waals surface area contributed by atoms with Crippen LogP contribution in [0.1, 0.15) is 37.8 Å². The SMILES string of the molecule is C=C(CCNc1nc2ccc(N(C)C(=O)C3CCO3)nc2n([C@@H](CC)c2ccccc2)c1=O)NC. The number of carbonyl (C=O) groups is 1. The minimum absolute atomic E-state index is 0.150. The van der Waals surface area contributed by atoms with Crippen molar-refractivity contribution in [2.24, 2.45) is 0 Å². The molecule has 1 aliphatic rings. The fourth-order valence-corrected chi connectivity index (χ4v) is 4.12. The van der Waals surface area contributed by atoms with E-state index in [1.807, 2.05) is 44.3 Å². The number of carbonyl (C=O) groups excluding carboxylic acids is 1. The van der Waals surface area contributed by atoms with Gasteiger partial charge in [0.15, 0.2) is 11.5 Å². The molecule has 0 bridgehead atoms. The fourth-order valence-electron chi connectivity index (χ4n) is 4.12. The zero-order valence-electron chi connectivity index (χ0n) is 20.5. The molecule has 9 nitrogen and oxygen atoms in total. The van der Waals surface area contributed by atoms with Crippen LogP contribution in [0.25, 0.3) is 11.2 Å². The van der Waals surface area contributed by atoms with Crippen LogP contribution in [0, 0.1) is 0 Å². The number of likely N-dealkylation sites (N-methyl/N-ethyl adjacent to an activating group) is 1. The van der Waals surface area contributed by atoms with Crippen molar-refractivity contribution in [3.05, 3.63) is 70.7 Å². The molecule has 0 aliphatic carbocycles. The maximum absolute atomic E-state index is 13.7. The molecule has 0 spiro atoms. The Kier molecular flexibility index (Phi) is 7.45. The molecule has 2 N–H and O–H groups in total. The second-order valence-corrected chi connectivity index (χ2v) is 8.56. The van der Waals surface area contributed by atoms with Crippen molar-refractivity contribution in [2.45, 2.75) is 38.3 Å². The highest BCUT2D eigenvalue weighted by Crippen LogP contribution is 2.26. The second kappa shape index (κ2) is 10.7. The third-order valence-corrected chi connectivity index (χ3v) is 6.33. The summed E-state index contributed by atoms with van der Waals surface area (Å²) >= 11 is 0. The summed E-state index contributed by atoms with van der Waals surface area (Å²) in [6, 6.07) is 13.2. The first-order chi connectivity index (χ1) is 16.9. The molecule has 0 saturated carbocycles. The number of hydrogen-bond acceptors (Lipinski definition) is 7. The monoisotopic (exact) mass is 476 g/mol. The molecule has 2 aromatic heterocycles. The summed E-state index contributed by atoms with van der Waals surface area (Å²) in [7, 11) is 3.49. The molecule has 35 heavy (non-hydrogen) atoms. The molecule has 4 rings (SSSR count). The van der Waals surface area contributed by atoms with Crippen LogP contribution >= 0.6 is 0 Å². The number of hydrogen-bond donors (Lipinski definition) is 2. The van der Waals surface area contributed by atoms with E-state index in [9.17, 15) is 9.59 Å². The molecule has 2 atom stereocenters. The molecule has 3 heterocycles. The number of amides is 1. The lowest BCUT2D eigenvalue weighted by Gasteiger charge is -2.29. The van der Waals surface area contributed by atoms with E-state index in [0.717, 1.165) is 11.3 Å². The number of benzene rings is 1. The van der Waals surface area contributed by atoms with E-state index in [0.29, 0.717) is 49.4 Å². The molecule has 0 radical (unpaired) electrons. The van der Waals surface area contributed by atoms with Crippen molar-refractivity contribution in [2.75, 3.05) is 37.5 Å². The van der Waals surface area contributed by atoms with Crippen LogP contribution in [0.2, 0.25) is 0 Å². The summed E-state index contributed by atoms with van der Waals surface area (Å²) in [6.45, 7) is 7.07. The van der Waals surface area contributed by atoms with Gasteiger partial charge in [0.05, 0.1) is 12.6 Å². The number of ether oxygens (including phenoxy) is 1. The van der Waals surface area contributed by atoms with Crippen LogP contribution in [0.4, 0.5) is 11.6 Å². The first-order valence-corrected chi connectivity index (χ1v) is 11.9. The van der Waals surface area contributed by atoms with E-state index in [1.165, 1.54) is 4.90 Å². The number of rotatable bonds is 10. The standard InChI is InChI=1S/C26H32N6O3/c1-5-20(18-9-7-6-8-10-18)32-24-19(29-23(26(32)34)28-15-13-17(2)27-3)11-12-22(30-24)31(4)25(33)21-14-16-35-21/h6-12,20-21,27H,2,5,13-16H2,1,3-4H3,(H,28,29)/t20-,21?/m0/s1. The molecule has 1 fully saturated rings. The van der Waals surface area contributed by atoms with E-state index in [-0.39, 0.29) is 23.3 Å². The van der Waals surface area contributed by atoms with Gasteiger partial charge in [0.2, 0.25) is 0 Å². The van der Waals surface area contributed by atoms with E-state index >= 15 is 0 Å². The first kappa shape index (κ1) is 24.4. The van der Waals surface area contributed by atoms with Gasteiger partial charge in [-0.2, -0.15) is 0 Å². The summed E-state index contributed by atoms with van der Waals surface area (Å²) in [4.78, 5) is 37.3. The highest BCUT2D eigenvalue weighted by atomic mass is 16.5. The van der Waals surface area contributed by atoms with Gasteiger partial charge in [-0.15, -0.1) is 0 Å². The second-order valence-electron chi connectivity index (χ2n) is 8.56. The lowest BCUT2D eigenvalue weighted by Crippen LogP contribution is -2.44. The molecule has 1 aliphatic heterocycles. The average molecular weight is 477 g/mol. The Morgan fingerprint density at radius 2 is 2.00 bits per heavy atom. The van der Waals surface area contributed by atoms with Crippen LogP contribution in [-0.2, 0) is 9.53 Å². The Balaban J connectivity index is 1.81. The maximum atomic E-state index is 13.7. The maximum Gasteiger partial charge on any atom is 0.295 e. The normalized spacial score (nSPS) is 15.8. The van der Waals surface area contributed by atoms with Gasteiger partial charge in [-0.05, 0) is 24.1 Å². The van der Waals surface area contributed by atoms with Crippen LogP contribution in [0.3, 0.4) is 0 Å². The minimum atomic E-state index is -0.440. The summed E-state index contributed by atoms with van der Waals surface area (Å²) < 4.78 is 7.04. The number of anilines is 2. The van der Waals surface area contributed by atoms with Crippen molar-refractivity contribution in [1.82, 2.24) is 19.9 Å². The topological polar surface area (TPSA) is 101 Å². The van der Waals surface area contributed by atoms with Crippen LogP contribution < -0.4 is 21.1 Å². The summed E-state index contributed by atoms with van der Waals surface area (Å²) in [5, 5.41) is 6.18. The van der Waals surface area contributed by atoms with E-state index in [1.54, 1.807) is 23.7 Å². The summed E-state index contributed by atoms with van der Waals surface area (Å²) in [5.74, 6) is 0.558. The third-order valence-electron chi connectivity index (χ3n) is 6.33. The van der Waals surface area contributed by atoms with E-state index in [4.69, 9.17) is 9.72 Å². The number of fused-ring (bicyclic) bond motifs is 1. The van der Waals surface area contributed by atoms with Gasteiger partial charge in [-0.3, -0.25) is 19.1 Å². The molecule has 3 aromatic rings. The Morgan fingerprint density at radius 1 is 1.26 bits per heavy atom. The van der Waals surface area contributed by atoms with E-state index in [2.05, 4.69) is 22.2 Å². The van der Waals surface area contributed by atoms with E-state index < -0.39 is 6.10 Å². The highest BCUT2D eigenvalue weighted by molar-refractivity contribution is 5.96. The van der Waals surface area contributed by atoms with Crippen molar-refractivity contribution < 1.29 is 9.53 Å². The Bertz CT molecular complexity index is 1270. The van der Waals surface area contributed by atoms with Crippen molar-refractivity contribution >= 4 is 28.7 Å². The molecular formula is C26H32N6O3. The lowest BCUT2D eigenvalue weighted by molar-refractivity contribution is -0.141.